The van der Waals surface area contributed by atoms with E-state index < -0.39 is 5.95 Å². The van der Waals surface area contributed by atoms with Crippen LogP contribution in [-0.2, 0) is 0 Å². The van der Waals surface area contributed by atoms with Crippen LogP contribution in [0, 0.1) is 12.9 Å². The Labute approximate surface area is 78.0 Å². The van der Waals surface area contributed by atoms with Gasteiger partial charge in [0.25, 0.3) is 0 Å². The smallest absolute Gasteiger partial charge is 0.213 e. The summed E-state index contributed by atoms with van der Waals surface area (Å²) in [7, 11) is 0. The van der Waals surface area contributed by atoms with E-state index in [1.165, 1.54) is 6.07 Å². The number of nitrogens with zero attached hydrogens (tertiary/aromatic N) is 1. The molecule has 2 N–H and O–H groups in total. The third-order valence-electron chi connectivity index (χ3n) is 2.09. The van der Waals surface area contributed by atoms with Crippen LogP contribution in [0.15, 0.2) is 12.1 Å². The number of hydrogen-bond donors (Lipinski definition) is 1. The van der Waals surface area contributed by atoms with Gasteiger partial charge in [0.05, 0.1) is 0 Å². The van der Waals surface area contributed by atoms with Gasteiger partial charge in [-0.1, -0.05) is 19.4 Å². The summed E-state index contributed by atoms with van der Waals surface area (Å²) in [5, 5.41) is 0. The molecular formula is C10H15FN2. The van der Waals surface area contributed by atoms with Crippen LogP contribution in [-0.4, -0.2) is 4.98 Å². The number of nitrogens with two attached hydrogens (primary N) is 1. The van der Waals surface area contributed by atoms with Gasteiger partial charge in [-0.3, -0.25) is 0 Å². The van der Waals surface area contributed by atoms with Gasteiger partial charge in [-0.25, -0.2) is 4.98 Å². The molecule has 3 heteroatoms. The van der Waals surface area contributed by atoms with Crippen molar-refractivity contribution in [2.75, 3.05) is 0 Å². The highest BCUT2D eigenvalue weighted by Gasteiger charge is 2.08. The predicted octanol–water partition coefficient (Wildman–Crippen LogP) is 2.33. The van der Waals surface area contributed by atoms with E-state index in [1.54, 1.807) is 13.0 Å². The second kappa shape index (κ2) is 4.33. The number of pyridine rings is 1. The maximum Gasteiger partial charge on any atom is 0.213 e. The molecule has 1 rings (SSSR count). The fourth-order valence-corrected chi connectivity index (χ4v) is 1.40. The number of rotatable bonds is 3. The third-order valence-corrected chi connectivity index (χ3v) is 2.09. The zero-order chi connectivity index (χ0) is 9.84. The molecule has 0 saturated heterocycles. The second-order valence-corrected chi connectivity index (χ2v) is 3.20. The molecule has 0 aliphatic carbocycles. The monoisotopic (exact) mass is 182 g/mol. The van der Waals surface area contributed by atoms with Gasteiger partial charge >= 0.3 is 0 Å². The normalized spacial score (nSPS) is 12.9. The zero-order valence-corrected chi connectivity index (χ0v) is 8.05. The molecule has 0 bridgehead atoms. The van der Waals surface area contributed by atoms with Crippen molar-refractivity contribution in [1.29, 1.82) is 0 Å². The van der Waals surface area contributed by atoms with Crippen molar-refractivity contribution in [3.8, 4) is 0 Å². The zero-order valence-electron chi connectivity index (χ0n) is 8.05. The van der Waals surface area contributed by atoms with Crippen LogP contribution < -0.4 is 5.73 Å². The standard InChI is InChI=1S/C10H15FN2/c1-3-4-9(12)8-5-6-10(11)13-7(8)2/h5-6,9H,3-4,12H2,1-2H3/t9-/m1/s1. The van der Waals surface area contributed by atoms with Crippen LogP contribution in [0.25, 0.3) is 0 Å². The fraction of sp³-hybridized carbons (Fsp3) is 0.500. The first-order chi connectivity index (χ1) is 6.15. The molecule has 0 aromatic carbocycles. The summed E-state index contributed by atoms with van der Waals surface area (Å²) in [6.07, 6.45) is 1.94. The highest BCUT2D eigenvalue weighted by molar-refractivity contribution is 5.22. The quantitative estimate of drug-likeness (QED) is 0.728. The Bertz CT molecular complexity index is 286. The van der Waals surface area contributed by atoms with Crippen molar-refractivity contribution in [1.82, 2.24) is 4.98 Å². The highest BCUT2D eigenvalue weighted by atomic mass is 19.1. The minimum Gasteiger partial charge on any atom is -0.324 e. The molecule has 1 heterocycles. The van der Waals surface area contributed by atoms with Crippen LogP contribution in [0.1, 0.15) is 37.1 Å². The Hall–Kier alpha value is -0.960. The van der Waals surface area contributed by atoms with Gasteiger partial charge in [-0.2, -0.15) is 4.39 Å². The van der Waals surface area contributed by atoms with Crippen molar-refractivity contribution < 1.29 is 4.39 Å². The average molecular weight is 182 g/mol. The summed E-state index contributed by atoms with van der Waals surface area (Å²) < 4.78 is 12.6. The molecule has 0 unspecified atom stereocenters. The van der Waals surface area contributed by atoms with Gasteiger partial charge in [-0.05, 0) is 25.0 Å². The van der Waals surface area contributed by atoms with E-state index in [0.29, 0.717) is 5.69 Å². The molecule has 0 spiro atoms. The summed E-state index contributed by atoms with van der Waals surface area (Å²) in [6, 6.07) is 3.06. The lowest BCUT2D eigenvalue weighted by Crippen LogP contribution is -2.12. The van der Waals surface area contributed by atoms with Crippen molar-refractivity contribution in [2.45, 2.75) is 32.7 Å². The van der Waals surface area contributed by atoms with Crippen molar-refractivity contribution in [2.24, 2.45) is 5.73 Å². The molecule has 0 fully saturated rings. The van der Waals surface area contributed by atoms with Crippen LogP contribution in [0.2, 0.25) is 0 Å². The minimum atomic E-state index is -0.440. The van der Waals surface area contributed by atoms with E-state index in [4.69, 9.17) is 5.73 Å². The van der Waals surface area contributed by atoms with Gasteiger partial charge in [-0.15, -0.1) is 0 Å². The Morgan fingerprint density at radius 3 is 2.77 bits per heavy atom. The molecule has 1 aromatic rings. The SMILES string of the molecule is CCC[C@@H](N)c1ccc(F)nc1C. The number of halogens is 1. The molecule has 0 saturated carbocycles. The molecule has 0 amide bonds. The number of aryl methyl sites for hydroxylation is 1. The molecule has 0 radical (unpaired) electrons. The second-order valence-electron chi connectivity index (χ2n) is 3.20. The van der Waals surface area contributed by atoms with E-state index in [9.17, 15) is 4.39 Å². The summed E-state index contributed by atoms with van der Waals surface area (Å²) in [4.78, 5) is 3.73. The Balaban J connectivity index is 2.88. The Morgan fingerprint density at radius 1 is 1.54 bits per heavy atom. The van der Waals surface area contributed by atoms with Gasteiger partial charge in [0.15, 0.2) is 0 Å². The van der Waals surface area contributed by atoms with E-state index in [-0.39, 0.29) is 6.04 Å². The summed E-state index contributed by atoms with van der Waals surface area (Å²) >= 11 is 0. The van der Waals surface area contributed by atoms with Gasteiger partial charge in [0.1, 0.15) is 0 Å². The first-order valence-corrected chi connectivity index (χ1v) is 4.53. The van der Waals surface area contributed by atoms with Crippen molar-refractivity contribution >= 4 is 0 Å². The van der Waals surface area contributed by atoms with Crippen molar-refractivity contribution in [3.63, 3.8) is 0 Å². The first-order valence-electron chi connectivity index (χ1n) is 4.53. The number of aromatic nitrogens is 1. The van der Waals surface area contributed by atoms with E-state index in [1.807, 2.05) is 0 Å². The molecule has 1 atom stereocenters. The molecule has 2 nitrogen and oxygen atoms in total. The largest absolute Gasteiger partial charge is 0.324 e. The molecule has 72 valence electrons. The number of hydrogen-bond acceptors (Lipinski definition) is 2. The molecular weight excluding hydrogens is 167 g/mol. The lowest BCUT2D eigenvalue weighted by atomic mass is 10.0. The van der Waals surface area contributed by atoms with Crippen LogP contribution in [0.3, 0.4) is 0 Å². The Kier molecular flexibility index (Phi) is 3.37. The summed E-state index contributed by atoms with van der Waals surface area (Å²) in [6.45, 7) is 3.86. The minimum absolute atomic E-state index is 0.0156. The summed E-state index contributed by atoms with van der Waals surface area (Å²) in [5.74, 6) is -0.440. The molecule has 0 aliphatic heterocycles. The van der Waals surface area contributed by atoms with Crippen LogP contribution in [0.4, 0.5) is 4.39 Å². The Morgan fingerprint density at radius 2 is 2.23 bits per heavy atom. The van der Waals surface area contributed by atoms with Gasteiger partial charge in [0, 0.05) is 11.7 Å². The summed E-state index contributed by atoms with van der Waals surface area (Å²) in [5.41, 5.74) is 7.54. The highest BCUT2D eigenvalue weighted by Crippen LogP contribution is 2.18. The average Bonchev–Trinajstić information content (AvgIpc) is 2.04. The molecule has 0 aliphatic rings. The van der Waals surface area contributed by atoms with Gasteiger partial charge < -0.3 is 5.73 Å². The lowest BCUT2D eigenvalue weighted by molar-refractivity contribution is 0.569. The van der Waals surface area contributed by atoms with E-state index in [2.05, 4.69) is 11.9 Å². The first kappa shape index (κ1) is 10.1. The lowest BCUT2D eigenvalue weighted by Gasteiger charge is -2.12. The topological polar surface area (TPSA) is 38.9 Å². The third kappa shape index (κ3) is 2.49. The van der Waals surface area contributed by atoms with Crippen LogP contribution >= 0.6 is 0 Å². The molecule has 13 heavy (non-hydrogen) atoms. The predicted molar refractivity (Wildman–Crippen MR) is 50.8 cm³/mol. The van der Waals surface area contributed by atoms with Crippen LogP contribution in [0.5, 0.6) is 0 Å². The van der Waals surface area contributed by atoms with Crippen molar-refractivity contribution in [3.05, 3.63) is 29.3 Å². The van der Waals surface area contributed by atoms with E-state index in [0.717, 1.165) is 18.4 Å². The molecule has 1 aromatic heterocycles. The van der Waals surface area contributed by atoms with Gasteiger partial charge in [0.2, 0.25) is 5.95 Å². The fourth-order valence-electron chi connectivity index (χ4n) is 1.40. The maximum absolute atomic E-state index is 12.6. The van der Waals surface area contributed by atoms with E-state index >= 15 is 0 Å². The maximum atomic E-state index is 12.6.